The largest absolute Gasteiger partial charge is 0.459 e. The van der Waals surface area contributed by atoms with Crippen LogP contribution in [0.15, 0.2) is 24.4 Å². The lowest BCUT2D eigenvalue weighted by molar-refractivity contribution is 0.0379. The Hall–Kier alpha value is -1.97. The van der Waals surface area contributed by atoms with Crippen molar-refractivity contribution in [2.75, 3.05) is 5.73 Å². The molecule has 0 aliphatic heterocycles. The van der Waals surface area contributed by atoms with Crippen molar-refractivity contribution in [1.29, 1.82) is 0 Å². The van der Waals surface area contributed by atoms with Gasteiger partial charge in [-0.2, -0.15) is 0 Å². The van der Waals surface area contributed by atoms with Crippen molar-refractivity contribution in [3.63, 3.8) is 0 Å². The van der Waals surface area contributed by atoms with Crippen LogP contribution in [-0.4, -0.2) is 17.1 Å². The molecule has 0 aliphatic rings. The molecule has 16 heavy (non-hydrogen) atoms. The molecule has 0 aliphatic carbocycles. The predicted molar refractivity (Wildman–Crippen MR) is 63.3 cm³/mol. The number of aromatic amines is 1. The minimum absolute atomic E-state index is 0.147. The van der Waals surface area contributed by atoms with E-state index in [4.69, 9.17) is 10.5 Å². The Morgan fingerprint density at radius 2 is 2.12 bits per heavy atom. The van der Waals surface area contributed by atoms with Gasteiger partial charge in [-0.15, -0.1) is 0 Å². The number of nitrogens with two attached hydrogens (primary N) is 1. The highest BCUT2D eigenvalue weighted by Gasteiger charge is 2.15. The first-order valence-corrected chi connectivity index (χ1v) is 5.16. The first-order valence-electron chi connectivity index (χ1n) is 5.16. The molecular formula is C12H14N2O2. The van der Waals surface area contributed by atoms with Crippen molar-refractivity contribution >= 4 is 22.6 Å². The number of aromatic nitrogens is 1. The number of nitrogens with one attached hydrogen (secondary N) is 1. The molecule has 0 fully saturated rings. The van der Waals surface area contributed by atoms with Gasteiger partial charge < -0.3 is 15.5 Å². The Morgan fingerprint density at radius 3 is 2.81 bits per heavy atom. The Balaban J connectivity index is 2.44. The van der Waals surface area contributed by atoms with Gasteiger partial charge in [0.15, 0.2) is 0 Å². The van der Waals surface area contributed by atoms with Gasteiger partial charge in [-0.25, -0.2) is 4.79 Å². The maximum absolute atomic E-state index is 11.7. The summed E-state index contributed by atoms with van der Waals surface area (Å²) in [7, 11) is 0. The van der Waals surface area contributed by atoms with Crippen LogP contribution in [0, 0.1) is 0 Å². The van der Waals surface area contributed by atoms with Gasteiger partial charge in [0, 0.05) is 11.6 Å². The van der Waals surface area contributed by atoms with Gasteiger partial charge in [0.1, 0.15) is 0 Å². The number of esters is 1. The number of fused-ring (bicyclic) bond motifs is 1. The number of benzene rings is 1. The maximum Gasteiger partial charge on any atom is 0.340 e. The van der Waals surface area contributed by atoms with Crippen LogP contribution in [-0.2, 0) is 4.74 Å². The number of nitrogen functional groups attached to an aromatic ring is 1. The van der Waals surface area contributed by atoms with Crippen LogP contribution in [0.5, 0.6) is 0 Å². The number of hydrogen-bond donors (Lipinski definition) is 2. The molecule has 2 aromatic rings. The summed E-state index contributed by atoms with van der Waals surface area (Å²) in [6.07, 6.45) is 1.64. The summed E-state index contributed by atoms with van der Waals surface area (Å²) < 4.78 is 5.11. The van der Waals surface area contributed by atoms with Crippen molar-refractivity contribution in [2.24, 2.45) is 0 Å². The van der Waals surface area contributed by atoms with Crippen molar-refractivity contribution in [3.8, 4) is 0 Å². The SMILES string of the molecule is CC(C)OC(=O)c1ccc2cc[nH]c2c1N. The minimum atomic E-state index is -0.385. The summed E-state index contributed by atoms with van der Waals surface area (Å²) in [6.45, 7) is 3.61. The highest BCUT2D eigenvalue weighted by Crippen LogP contribution is 2.24. The molecule has 4 nitrogen and oxygen atoms in total. The van der Waals surface area contributed by atoms with Gasteiger partial charge in [-0.05, 0) is 26.0 Å². The average Bonchev–Trinajstić information content (AvgIpc) is 2.65. The van der Waals surface area contributed by atoms with E-state index in [1.54, 1.807) is 26.1 Å². The number of hydrogen-bond acceptors (Lipinski definition) is 3. The number of ether oxygens (including phenoxy) is 1. The van der Waals surface area contributed by atoms with Crippen LogP contribution in [0.1, 0.15) is 24.2 Å². The smallest absolute Gasteiger partial charge is 0.340 e. The second-order valence-electron chi connectivity index (χ2n) is 3.92. The number of anilines is 1. The molecule has 4 heteroatoms. The fourth-order valence-corrected chi connectivity index (χ4v) is 1.61. The maximum atomic E-state index is 11.7. The van der Waals surface area contributed by atoms with E-state index in [1.807, 2.05) is 12.1 Å². The third-order valence-corrected chi connectivity index (χ3v) is 2.33. The summed E-state index contributed by atoms with van der Waals surface area (Å²) in [6, 6.07) is 5.44. The van der Waals surface area contributed by atoms with Crippen molar-refractivity contribution in [1.82, 2.24) is 4.98 Å². The minimum Gasteiger partial charge on any atom is -0.459 e. The van der Waals surface area contributed by atoms with Crippen molar-refractivity contribution in [2.45, 2.75) is 20.0 Å². The van der Waals surface area contributed by atoms with Gasteiger partial charge in [-0.3, -0.25) is 0 Å². The van der Waals surface area contributed by atoms with E-state index in [0.29, 0.717) is 11.3 Å². The molecule has 0 unspecified atom stereocenters. The van der Waals surface area contributed by atoms with Gasteiger partial charge in [-0.1, -0.05) is 6.07 Å². The fraction of sp³-hybridized carbons (Fsp3) is 0.250. The van der Waals surface area contributed by atoms with E-state index in [2.05, 4.69) is 4.98 Å². The first-order chi connectivity index (χ1) is 7.59. The normalized spacial score (nSPS) is 10.9. The van der Waals surface area contributed by atoms with Crippen LogP contribution >= 0.6 is 0 Å². The van der Waals surface area contributed by atoms with E-state index in [0.717, 1.165) is 10.9 Å². The fourth-order valence-electron chi connectivity index (χ4n) is 1.61. The summed E-state index contributed by atoms with van der Waals surface area (Å²) in [5, 5.41) is 0.985. The Morgan fingerprint density at radius 1 is 1.38 bits per heavy atom. The lowest BCUT2D eigenvalue weighted by atomic mass is 10.1. The molecule has 0 saturated carbocycles. The molecule has 0 saturated heterocycles. The van der Waals surface area contributed by atoms with Crippen molar-refractivity contribution in [3.05, 3.63) is 30.0 Å². The highest BCUT2D eigenvalue weighted by molar-refractivity contribution is 6.04. The number of carbonyl (C=O) groups excluding carboxylic acids is 1. The van der Waals surface area contributed by atoms with Crippen LogP contribution in [0.25, 0.3) is 10.9 Å². The zero-order valence-electron chi connectivity index (χ0n) is 9.28. The van der Waals surface area contributed by atoms with E-state index in [-0.39, 0.29) is 12.1 Å². The average molecular weight is 218 g/mol. The first kappa shape index (κ1) is 10.5. The lowest BCUT2D eigenvalue weighted by Crippen LogP contribution is -2.13. The molecule has 0 bridgehead atoms. The van der Waals surface area contributed by atoms with Crippen LogP contribution in [0.4, 0.5) is 5.69 Å². The molecule has 0 radical (unpaired) electrons. The quantitative estimate of drug-likeness (QED) is 0.600. The van der Waals surface area contributed by atoms with E-state index >= 15 is 0 Å². The summed E-state index contributed by atoms with van der Waals surface area (Å²) >= 11 is 0. The predicted octanol–water partition coefficient (Wildman–Crippen LogP) is 2.32. The topological polar surface area (TPSA) is 68.1 Å². The summed E-state index contributed by atoms with van der Waals surface area (Å²) in [4.78, 5) is 14.7. The molecule has 0 spiro atoms. The third kappa shape index (κ3) is 1.74. The molecule has 2 rings (SSSR count). The molecule has 0 atom stereocenters. The highest BCUT2D eigenvalue weighted by atomic mass is 16.5. The molecular weight excluding hydrogens is 204 g/mol. The van der Waals surface area contributed by atoms with Crippen LogP contribution in [0.2, 0.25) is 0 Å². The monoisotopic (exact) mass is 218 g/mol. The van der Waals surface area contributed by atoms with Crippen LogP contribution < -0.4 is 5.73 Å². The Kier molecular flexibility index (Phi) is 2.56. The van der Waals surface area contributed by atoms with Crippen molar-refractivity contribution < 1.29 is 9.53 Å². The Bertz CT molecular complexity index is 529. The van der Waals surface area contributed by atoms with Gasteiger partial charge >= 0.3 is 5.97 Å². The Labute approximate surface area is 93.4 Å². The van der Waals surface area contributed by atoms with Gasteiger partial charge in [0.2, 0.25) is 0 Å². The van der Waals surface area contributed by atoms with E-state index < -0.39 is 0 Å². The van der Waals surface area contributed by atoms with E-state index in [9.17, 15) is 4.79 Å². The standard InChI is InChI=1S/C12H14N2O2/c1-7(2)16-12(15)9-4-3-8-5-6-14-11(8)10(9)13/h3-7,14H,13H2,1-2H3. The molecule has 3 N–H and O–H groups in total. The number of H-pyrrole nitrogens is 1. The third-order valence-electron chi connectivity index (χ3n) is 2.33. The summed E-state index contributed by atoms with van der Waals surface area (Å²) in [5.74, 6) is -0.385. The number of carbonyl (C=O) groups is 1. The molecule has 1 aromatic carbocycles. The second-order valence-corrected chi connectivity index (χ2v) is 3.92. The molecule has 0 amide bonds. The van der Waals surface area contributed by atoms with Gasteiger partial charge in [0.25, 0.3) is 0 Å². The molecule has 84 valence electrons. The second kappa shape index (κ2) is 3.89. The van der Waals surface area contributed by atoms with E-state index in [1.165, 1.54) is 0 Å². The molecule has 1 aromatic heterocycles. The lowest BCUT2D eigenvalue weighted by Gasteiger charge is -2.10. The number of rotatable bonds is 2. The summed E-state index contributed by atoms with van der Waals surface area (Å²) in [5.41, 5.74) is 7.53. The zero-order valence-corrected chi connectivity index (χ0v) is 9.28. The van der Waals surface area contributed by atoms with Gasteiger partial charge in [0.05, 0.1) is 22.9 Å². The van der Waals surface area contributed by atoms with Crippen LogP contribution in [0.3, 0.4) is 0 Å². The zero-order chi connectivity index (χ0) is 11.7. The molecule has 1 heterocycles.